The largest absolute Gasteiger partial charge is 0.418 e. The number of rotatable bonds is 6. The highest BCUT2D eigenvalue weighted by molar-refractivity contribution is 5.93. The molecule has 0 aromatic carbocycles. The van der Waals surface area contributed by atoms with Gasteiger partial charge in [-0.15, -0.1) is 6.58 Å². The lowest BCUT2D eigenvalue weighted by Crippen LogP contribution is -2.37. The third-order valence-corrected chi connectivity index (χ3v) is 1.90. The molecule has 0 N–H and O–H groups in total. The Morgan fingerprint density at radius 2 is 1.53 bits per heavy atom. The summed E-state index contributed by atoms with van der Waals surface area (Å²) >= 11 is 0. The van der Waals surface area contributed by atoms with E-state index in [9.17, 15) is 9.59 Å². The smallest absolute Gasteiger partial charge is 0.351 e. The van der Waals surface area contributed by atoms with Crippen LogP contribution in [-0.4, -0.2) is 17.7 Å². The van der Waals surface area contributed by atoms with Crippen LogP contribution in [-0.2, 0) is 19.1 Å². The molecular weight excluding hydrogens is 248 g/mol. The molecule has 0 radical (unpaired) electrons. The fraction of sp³-hybridized carbons (Fsp3) is 0.231. The molecule has 0 aromatic rings. The zero-order valence-corrected chi connectivity index (χ0v) is 10.4. The van der Waals surface area contributed by atoms with Crippen LogP contribution in [0.2, 0.25) is 0 Å². The molecule has 0 amide bonds. The Morgan fingerprint density at radius 1 is 1.16 bits per heavy atom. The molecule has 98 valence electrons. The summed E-state index contributed by atoms with van der Waals surface area (Å²) in [5.41, 5.74) is -0.879. The van der Waals surface area contributed by atoms with Gasteiger partial charge in [-0.25, -0.2) is 9.59 Å². The zero-order valence-electron chi connectivity index (χ0n) is 10.4. The Labute approximate surface area is 110 Å². The van der Waals surface area contributed by atoms with Crippen molar-refractivity contribution in [1.82, 2.24) is 0 Å². The fourth-order valence-electron chi connectivity index (χ4n) is 0.973. The lowest BCUT2D eigenvalue weighted by Gasteiger charge is -2.27. The molecule has 0 aromatic heterocycles. The fourth-order valence-corrected chi connectivity index (χ4v) is 0.973. The first-order valence-electron chi connectivity index (χ1n) is 5.05. The molecule has 0 saturated heterocycles. The first-order chi connectivity index (χ1) is 8.79. The maximum Gasteiger partial charge on any atom is 0.351 e. The van der Waals surface area contributed by atoms with Crippen LogP contribution in [0.1, 0.15) is 13.3 Å². The van der Waals surface area contributed by atoms with Gasteiger partial charge in [0.2, 0.25) is 0 Å². The van der Waals surface area contributed by atoms with Crippen molar-refractivity contribution >= 4 is 11.9 Å². The van der Waals surface area contributed by atoms with Crippen LogP contribution in [0.25, 0.3) is 0 Å². The lowest BCUT2D eigenvalue weighted by atomic mass is 10.2. The average molecular weight is 260 g/mol. The minimum Gasteiger partial charge on any atom is -0.418 e. The summed E-state index contributed by atoms with van der Waals surface area (Å²) in [5.74, 6) is -3.74. The van der Waals surface area contributed by atoms with Gasteiger partial charge in [0.15, 0.2) is 0 Å². The predicted octanol–water partition coefficient (Wildman–Crippen LogP) is 1.52. The molecule has 0 rings (SSSR count). The lowest BCUT2D eigenvalue weighted by molar-refractivity contribution is -0.215. The molecule has 0 atom stereocenters. The van der Waals surface area contributed by atoms with Gasteiger partial charge in [-0.05, 0) is 0 Å². The quantitative estimate of drug-likeness (QED) is 0.236. The van der Waals surface area contributed by atoms with Crippen LogP contribution in [0.15, 0.2) is 37.0 Å². The van der Waals surface area contributed by atoms with E-state index >= 15 is 0 Å². The molecule has 19 heavy (non-hydrogen) atoms. The van der Waals surface area contributed by atoms with E-state index in [1.807, 2.05) is 0 Å². The van der Waals surface area contributed by atoms with Crippen LogP contribution in [0, 0.1) is 22.7 Å². The van der Waals surface area contributed by atoms with E-state index < -0.39 is 28.9 Å². The van der Waals surface area contributed by atoms with Crippen molar-refractivity contribution in [3.05, 3.63) is 37.0 Å². The van der Waals surface area contributed by atoms with Crippen molar-refractivity contribution in [1.29, 1.82) is 10.5 Å². The summed E-state index contributed by atoms with van der Waals surface area (Å²) in [4.78, 5) is 22.9. The van der Waals surface area contributed by atoms with Crippen molar-refractivity contribution in [3.8, 4) is 12.1 Å². The van der Waals surface area contributed by atoms with E-state index in [2.05, 4.69) is 19.7 Å². The van der Waals surface area contributed by atoms with Gasteiger partial charge in [0.1, 0.15) is 23.3 Å². The summed E-state index contributed by atoms with van der Waals surface area (Å²) in [6.45, 7) is 11.1. The summed E-state index contributed by atoms with van der Waals surface area (Å²) in [6, 6.07) is 3.02. The Morgan fingerprint density at radius 3 is 1.79 bits per heavy atom. The molecule has 6 nitrogen and oxygen atoms in total. The zero-order chi connectivity index (χ0) is 15.1. The van der Waals surface area contributed by atoms with Crippen LogP contribution < -0.4 is 0 Å². The first-order valence-corrected chi connectivity index (χ1v) is 5.05. The maximum atomic E-state index is 11.4. The normalized spacial score (nSPS) is 9.42. The first kappa shape index (κ1) is 16.1. The van der Waals surface area contributed by atoms with Gasteiger partial charge in [0.25, 0.3) is 5.79 Å². The monoisotopic (exact) mass is 260 g/mol. The van der Waals surface area contributed by atoms with E-state index in [1.54, 1.807) is 0 Å². The average Bonchev–Trinajstić information content (AvgIpc) is 2.36. The highest BCUT2D eigenvalue weighted by atomic mass is 16.7. The second-order valence-corrected chi connectivity index (χ2v) is 3.59. The third-order valence-electron chi connectivity index (χ3n) is 1.90. The summed E-state index contributed by atoms with van der Waals surface area (Å²) in [5, 5.41) is 17.0. The van der Waals surface area contributed by atoms with Crippen LogP contribution >= 0.6 is 0 Å². The van der Waals surface area contributed by atoms with Crippen molar-refractivity contribution in [2.24, 2.45) is 0 Å². The van der Waals surface area contributed by atoms with E-state index in [0.717, 1.165) is 0 Å². The number of hydrogen-bond donors (Lipinski definition) is 0. The van der Waals surface area contributed by atoms with Crippen molar-refractivity contribution in [2.75, 3.05) is 0 Å². The second kappa shape index (κ2) is 6.77. The number of ether oxygens (including phenoxy) is 2. The van der Waals surface area contributed by atoms with Crippen molar-refractivity contribution < 1.29 is 19.1 Å². The van der Waals surface area contributed by atoms with Gasteiger partial charge in [-0.2, -0.15) is 10.5 Å². The molecule has 0 heterocycles. The minimum atomic E-state index is -1.69. The number of carbonyl (C=O) groups excluding carboxylic acids is 2. The summed E-state index contributed by atoms with van der Waals surface area (Å²) in [6.07, 6.45) is 1.33. The van der Waals surface area contributed by atoms with E-state index in [1.165, 1.54) is 25.1 Å². The van der Waals surface area contributed by atoms with E-state index in [-0.39, 0.29) is 6.42 Å². The van der Waals surface area contributed by atoms with Gasteiger partial charge < -0.3 is 9.47 Å². The molecular formula is C13H12N2O4. The van der Waals surface area contributed by atoms with Gasteiger partial charge in [-0.3, -0.25) is 0 Å². The van der Waals surface area contributed by atoms with Crippen LogP contribution in [0.3, 0.4) is 0 Å². The van der Waals surface area contributed by atoms with Crippen molar-refractivity contribution in [2.45, 2.75) is 19.1 Å². The standard InChI is InChI=1S/C13H12N2O4/c1-5-6-13(4,18-11(16)9(2)7-14)19-12(17)10(3)8-15/h5H,1-3,6H2,4H3. The van der Waals surface area contributed by atoms with Gasteiger partial charge in [0, 0.05) is 13.3 Å². The second-order valence-electron chi connectivity index (χ2n) is 3.59. The van der Waals surface area contributed by atoms with Gasteiger partial charge in [0.05, 0.1) is 0 Å². The number of carbonyl (C=O) groups is 2. The van der Waals surface area contributed by atoms with Gasteiger partial charge in [-0.1, -0.05) is 19.2 Å². The molecule has 0 aliphatic heterocycles. The molecule has 0 fully saturated rings. The topological polar surface area (TPSA) is 100 Å². The highest BCUT2D eigenvalue weighted by Gasteiger charge is 2.33. The number of hydrogen-bond acceptors (Lipinski definition) is 6. The Hall–Kier alpha value is -2.86. The Bertz CT molecular complexity index is 480. The minimum absolute atomic E-state index is 0.0259. The Balaban J connectivity index is 5.02. The maximum absolute atomic E-state index is 11.4. The molecule has 0 bridgehead atoms. The molecule has 0 spiro atoms. The highest BCUT2D eigenvalue weighted by Crippen LogP contribution is 2.21. The molecule has 0 aliphatic carbocycles. The third kappa shape index (κ3) is 4.88. The van der Waals surface area contributed by atoms with E-state index in [0.29, 0.717) is 0 Å². The number of nitrogens with zero attached hydrogens (tertiary/aromatic N) is 2. The van der Waals surface area contributed by atoms with Crippen LogP contribution in [0.5, 0.6) is 0 Å². The molecule has 0 aliphatic rings. The van der Waals surface area contributed by atoms with Crippen LogP contribution in [0.4, 0.5) is 0 Å². The van der Waals surface area contributed by atoms with Gasteiger partial charge >= 0.3 is 11.9 Å². The Kier molecular flexibility index (Phi) is 5.75. The predicted molar refractivity (Wildman–Crippen MR) is 64.9 cm³/mol. The van der Waals surface area contributed by atoms with Crippen molar-refractivity contribution in [3.63, 3.8) is 0 Å². The number of nitriles is 2. The molecule has 0 saturated carbocycles. The SMILES string of the molecule is C=CCC(C)(OC(=O)C(=C)C#N)OC(=O)C(=C)C#N. The molecule has 6 heteroatoms. The molecule has 0 unspecified atom stereocenters. The summed E-state index contributed by atoms with van der Waals surface area (Å²) < 4.78 is 9.74. The van der Waals surface area contributed by atoms with E-state index in [4.69, 9.17) is 20.0 Å². The number of esters is 2. The summed E-state index contributed by atoms with van der Waals surface area (Å²) in [7, 11) is 0.